The van der Waals surface area contributed by atoms with Crippen LogP contribution in [-0.2, 0) is 11.3 Å². The zero-order chi connectivity index (χ0) is 15.6. The Morgan fingerprint density at radius 1 is 1.52 bits per heavy atom. The Hall–Kier alpha value is -1.50. The number of methoxy groups -OCH3 is 1. The molecule has 21 heavy (non-hydrogen) atoms. The molecule has 0 amide bonds. The maximum Gasteiger partial charge on any atom is 0.393 e. The number of halogens is 3. The molecule has 118 valence electrons. The Labute approximate surface area is 120 Å². The Kier molecular flexibility index (Phi) is 4.61. The van der Waals surface area contributed by atoms with Crippen molar-refractivity contribution in [3.05, 3.63) is 23.2 Å². The molecular formula is C14H18F3NO3. The van der Waals surface area contributed by atoms with E-state index < -0.39 is 18.1 Å². The highest BCUT2D eigenvalue weighted by atomic mass is 19.4. The molecule has 1 fully saturated rings. The summed E-state index contributed by atoms with van der Waals surface area (Å²) in [5.41, 5.74) is 0.626. The molecule has 1 atom stereocenters. The number of nitrogens with zero attached hydrogens (tertiary/aromatic N) is 1. The summed E-state index contributed by atoms with van der Waals surface area (Å²) in [6.07, 6.45) is -3.48. The Bertz CT molecular complexity index is 510. The normalized spacial score (nSPS) is 20.5. The van der Waals surface area contributed by atoms with Crippen LogP contribution in [0.15, 0.2) is 10.5 Å². The molecule has 0 aromatic carbocycles. The average Bonchev–Trinajstić information content (AvgIpc) is 2.78. The van der Waals surface area contributed by atoms with Gasteiger partial charge in [-0.3, -0.25) is 4.90 Å². The van der Waals surface area contributed by atoms with Crippen LogP contribution in [0.3, 0.4) is 0 Å². The summed E-state index contributed by atoms with van der Waals surface area (Å²) in [5.74, 6) is -1.28. The van der Waals surface area contributed by atoms with Gasteiger partial charge in [0.15, 0.2) is 0 Å². The van der Waals surface area contributed by atoms with Crippen molar-refractivity contribution in [2.75, 3.05) is 20.2 Å². The van der Waals surface area contributed by atoms with E-state index in [1.165, 1.54) is 7.11 Å². The summed E-state index contributed by atoms with van der Waals surface area (Å²) in [4.78, 5) is 13.2. The van der Waals surface area contributed by atoms with Gasteiger partial charge in [-0.2, -0.15) is 13.2 Å². The molecule has 1 saturated heterocycles. The zero-order valence-corrected chi connectivity index (χ0v) is 12.0. The fraction of sp³-hybridized carbons (Fsp3) is 0.643. The number of furan rings is 1. The minimum atomic E-state index is -4.16. The molecule has 2 heterocycles. The third-order valence-corrected chi connectivity index (χ3v) is 3.69. The number of carbonyl (C=O) groups excluding carboxylic acids is 1. The van der Waals surface area contributed by atoms with Crippen LogP contribution >= 0.6 is 0 Å². The molecule has 0 saturated carbocycles. The highest BCUT2D eigenvalue weighted by Crippen LogP contribution is 2.33. The Morgan fingerprint density at radius 3 is 2.86 bits per heavy atom. The van der Waals surface area contributed by atoms with Crippen LogP contribution in [0.2, 0.25) is 0 Å². The molecule has 1 aliphatic heterocycles. The van der Waals surface area contributed by atoms with E-state index in [4.69, 9.17) is 4.42 Å². The number of piperidine rings is 1. The van der Waals surface area contributed by atoms with Gasteiger partial charge in [0.2, 0.25) is 5.76 Å². The highest BCUT2D eigenvalue weighted by Gasteiger charge is 2.41. The lowest BCUT2D eigenvalue weighted by Gasteiger charge is -2.33. The summed E-state index contributed by atoms with van der Waals surface area (Å²) >= 11 is 0. The van der Waals surface area contributed by atoms with Gasteiger partial charge in [-0.15, -0.1) is 0 Å². The molecular weight excluding hydrogens is 287 g/mol. The van der Waals surface area contributed by atoms with Crippen LogP contribution < -0.4 is 0 Å². The van der Waals surface area contributed by atoms with Crippen LogP contribution in [-0.4, -0.2) is 37.2 Å². The van der Waals surface area contributed by atoms with Crippen molar-refractivity contribution < 1.29 is 27.1 Å². The van der Waals surface area contributed by atoms with Gasteiger partial charge in [0, 0.05) is 12.1 Å². The quantitative estimate of drug-likeness (QED) is 0.805. The zero-order valence-electron chi connectivity index (χ0n) is 12.0. The number of aryl methyl sites for hydroxylation is 1. The first-order valence-corrected chi connectivity index (χ1v) is 6.78. The molecule has 1 aliphatic rings. The first-order valence-electron chi connectivity index (χ1n) is 6.78. The largest absolute Gasteiger partial charge is 0.463 e. The number of hydrogen-bond acceptors (Lipinski definition) is 4. The van der Waals surface area contributed by atoms with Crippen molar-refractivity contribution in [3.63, 3.8) is 0 Å². The number of hydrogen-bond donors (Lipinski definition) is 0. The van der Waals surface area contributed by atoms with Gasteiger partial charge in [-0.1, -0.05) is 0 Å². The molecule has 0 radical (unpaired) electrons. The van der Waals surface area contributed by atoms with E-state index in [-0.39, 0.29) is 25.3 Å². The Morgan fingerprint density at radius 2 is 2.24 bits per heavy atom. The lowest BCUT2D eigenvalue weighted by Crippen LogP contribution is -2.41. The molecule has 0 bridgehead atoms. The van der Waals surface area contributed by atoms with Crippen molar-refractivity contribution >= 4 is 5.97 Å². The van der Waals surface area contributed by atoms with Gasteiger partial charge in [0.05, 0.1) is 19.6 Å². The van der Waals surface area contributed by atoms with Gasteiger partial charge in [0.1, 0.15) is 5.76 Å². The van der Waals surface area contributed by atoms with Crippen LogP contribution in [0.25, 0.3) is 0 Å². The van der Waals surface area contributed by atoms with Crippen molar-refractivity contribution in [1.82, 2.24) is 4.90 Å². The lowest BCUT2D eigenvalue weighted by molar-refractivity contribution is -0.187. The van der Waals surface area contributed by atoms with Gasteiger partial charge in [0.25, 0.3) is 0 Å². The van der Waals surface area contributed by atoms with Crippen LogP contribution in [0.1, 0.15) is 34.7 Å². The number of carbonyl (C=O) groups is 1. The standard InChI is InChI=1S/C14H18F3NO3/c1-9-6-11(21-12(9)13(19)20-2)8-18-5-3-4-10(7-18)14(15,16)17/h6,10H,3-5,7-8H2,1-2H3/t10-/m0/s1. The van der Waals surface area contributed by atoms with Gasteiger partial charge >= 0.3 is 12.1 Å². The highest BCUT2D eigenvalue weighted by molar-refractivity contribution is 5.87. The molecule has 0 aliphatic carbocycles. The topological polar surface area (TPSA) is 42.7 Å². The third-order valence-electron chi connectivity index (χ3n) is 3.69. The molecule has 7 heteroatoms. The van der Waals surface area contributed by atoms with E-state index in [1.54, 1.807) is 17.9 Å². The predicted octanol–water partition coefficient (Wildman–Crippen LogP) is 3.15. The minimum absolute atomic E-state index is 0.0309. The summed E-state index contributed by atoms with van der Waals surface area (Å²) in [5, 5.41) is 0. The van der Waals surface area contributed by atoms with Crippen molar-refractivity contribution in [2.45, 2.75) is 32.5 Å². The SMILES string of the molecule is COC(=O)c1oc(CN2CCC[C@H](C(F)(F)F)C2)cc1C. The fourth-order valence-corrected chi connectivity index (χ4v) is 2.61. The summed E-state index contributed by atoms with van der Waals surface area (Å²) in [7, 11) is 1.25. The maximum absolute atomic E-state index is 12.8. The van der Waals surface area contributed by atoms with E-state index in [2.05, 4.69) is 4.74 Å². The van der Waals surface area contributed by atoms with E-state index >= 15 is 0 Å². The van der Waals surface area contributed by atoms with Gasteiger partial charge in [-0.05, 0) is 32.4 Å². The monoisotopic (exact) mass is 305 g/mol. The van der Waals surface area contributed by atoms with Crippen LogP contribution in [0.5, 0.6) is 0 Å². The van der Waals surface area contributed by atoms with Gasteiger partial charge < -0.3 is 9.15 Å². The van der Waals surface area contributed by atoms with E-state index in [1.807, 2.05) is 0 Å². The van der Waals surface area contributed by atoms with E-state index in [0.717, 1.165) is 0 Å². The first-order chi connectivity index (χ1) is 9.81. The second-order valence-corrected chi connectivity index (χ2v) is 5.33. The molecule has 2 rings (SSSR count). The fourth-order valence-electron chi connectivity index (χ4n) is 2.61. The number of alkyl halides is 3. The second kappa shape index (κ2) is 6.09. The average molecular weight is 305 g/mol. The molecule has 0 N–H and O–H groups in total. The Balaban J connectivity index is 2.03. The number of likely N-dealkylation sites (tertiary alicyclic amines) is 1. The molecule has 1 aromatic heterocycles. The van der Waals surface area contributed by atoms with E-state index in [0.29, 0.717) is 24.3 Å². The first kappa shape index (κ1) is 15.9. The summed E-state index contributed by atoms with van der Waals surface area (Å²) in [6, 6.07) is 1.67. The van der Waals surface area contributed by atoms with Crippen molar-refractivity contribution in [1.29, 1.82) is 0 Å². The van der Waals surface area contributed by atoms with Crippen LogP contribution in [0, 0.1) is 12.8 Å². The number of ether oxygens (including phenoxy) is 1. The molecule has 4 nitrogen and oxygen atoms in total. The van der Waals surface area contributed by atoms with Gasteiger partial charge in [-0.25, -0.2) is 4.79 Å². The number of rotatable bonds is 3. The van der Waals surface area contributed by atoms with E-state index in [9.17, 15) is 18.0 Å². The molecule has 0 unspecified atom stereocenters. The second-order valence-electron chi connectivity index (χ2n) is 5.33. The van der Waals surface area contributed by atoms with Crippen molar-refractivity contribution in [2.24, 2.45) is 5.92 Å². The summed E-state index contributed by atoms with van der Waals surface area (Å²) in [6.45, 7) is 2.54. The minimum Gasteiger partial charge on any atom is -0.463 e. The predicted molar refractivity (Wildman–Crippen MR) is 68.8 cm³/mol. The maximum atomic E-state index is 12.8. The molecule has 0 spiro atoms. The van der Waals surface area contributed by atoms with Crippen LogP contribution in [0.4, 0.5) is 13.2 Å². The molecule has 1 aromatic rings. The smallest absolute Gasteiger partial charge is 0.393 e. The van der Waals surface area contributed by atoms with Crippen molar-refractivity contribution in [3.8, 4) is 0 Å². The lowest BCUT2D eigenvalue weighted by atomic mass is 9.97. The third kappa shape index (κ3) is 3.78. The number of esters is 1. The summed E-state index contributed by atoms with van der Waals surface area (Å²) < 4.78 is 48.3.